The first-order valence-electron chi connectivity index (χ1n) is 8.13. The molecule has 0 aliphatic carbocycles. The van der Waals surface area contributed by atoms with Crippen LogP contribution in [0.2, 0.25) is 0 Å². The largest absolute Gasteiger partial charge is 0.469 e. The van der Waals surface area contributed by atoms with Crippen LogP contribution in [0.15, 0.2) is 30.3 Å². The van der Waals surface area contributed by atoms with E-state index in [4.69, 9.17) is 4.74 Å². The summed E-state index contributed by atoms with van der Waals surface area (Å²) in [6.07, 6.45) is 6.24. The van der Waals surface area contributed by atoms with E-state index in [9.17, 15) is 4.79 Å². The Morgan fingerprint density at radius 1 is 1.33 bits per heavy atom. The molecule has 1 heterocycles. The molecular weight excluding hydrogens is 262 g/mol. The number of benzene rings is 1. The SMILES string of the molecule is CCCC1CCCCN1CC(C(=O)OC)c1ccccc1. The molecule has 2 rings (SSSR count). The summed E-state index contributed by atoms with van der Waals surface area (Å²) in [5.74, 6) is -0.296. The van der Waals surface area contributed by atoms with Gasteiger partial charge in [-0.05, 0) is 31.4 Å². The highest BCUT2D eigenvalue weighted by molar-refractivity contribution is 5.78. The Balaban J connectivity index is 2.12. The fourth-order valence-electron chi connectivity index (χ4n) is 3.34. The molecular formula is C18H27NO2. The van der Waals surface area contributed by atoms with Crippen LogP contribution in [-0.4, -0.2) is 37.1 Å². The zero-order valence-corrected chi connectivity index (χ0v) is 13.3. The van der Waals surface area contributed by atoms with Gasteiger partial charge in [-0.15, -0.1) is 0 Å². The summed E-state index contributed by atoms with van der Waals surface area (Å²) >= 11 is 0. The van der Waals surface area contributed by atoms with Gasteiger partial charge in [-0.25, -0.2) is 0 Å². The topological polar surface area (TPSA) is 29.5 Å². The number of nitrogens with zero attached hydrogens (tertiary/aromatic N) is 1. The van der Waals surface area contributed by atoms with E-state index in [1.54, 1.807) is 0 Å². The molecule has 0 bridgehead atoms. The van der Waals surface area contributed by atoms with Crippen molar-refractivity contribution in [1.29, 1.82) is 0 Å². The van der Waals surface area contributed by atoms with Crippen molar-refractivity contribution in [2.45, 2.75) is 51.0 Å². The molecule has 0 aromatic heterocycles. The molecule has 0 N–H and O–H groups in total. The second-order valence-corrected chi connectivity index (χ2v) is 5.92. The maximum absolute atomic E-state index is 12.2. The van der Waals surface area contributed by atoms with E-state index in [0.29, 0.717) is 6.04 Å². The van der Waals surface area contributed by atoms with Gasteiger partial charge in [0.2, 0.25) is 0 Å². The lowest BCUT2D eigenvalue weighted by Crippen LogP contribution is -2.43. The molecule has 0 radical (unpaired) electrons. The summed E-state index contributed by atoms with van der Waals surface area (Å²) in [6.45, 7) is 4.12. The second kappa shape index (κ2) is 8.18. The number of piperidine rings is 1. The lowest BCUT2D eigenvalue weighted by Gasteiger charge is -2.37. The Morgan fingerprint density at radius 2 is 2.10 bits per heavy atom. The zero-order valence-electron chi connectivity index (χ0n) is 13.3. The third kappa shape index (κ3) is 4.31. The molecule has 0 saturated carbocycles. The van der Waals surface area contributed by atoms with E-state index in [0.717, 1.165) is 18.7 Å². The predicted octanol–water partition coefficient (Wildman–Crippen LogP) is 3.60. The van der Waals surface area contributed by atoms with Crippen LogP contribution in [0.25, 0.3) is 0 Å². The molecule has 1 fully saturated rings. The molecule has 1 aromatic carbocycles. The zero-order chi connectivity index (χ0) is 15.1. The highest BCUT2D eigenvalue weighted by atomic mass is 16.5. The van der Waals surface area contributed by atoms with Crippen molar-refractivity contribution in [1.82, 2.24) is 4.90 Å². The van der Waals surface area contributed by atoms with Gasteiger partial charge in [0.15, 0.2) is 0 Å². The van der Waals surface area contributed by atoms with Crippen molar-refractivity contribution in [2.75, 3.05) is 20.2 Å². The lowest BCUT2D eigenvalue weighted by atomic mass is 9.93. The maximum Gasteiger partial charge on any atom is 0.314 e. The number of ether oxygens (including phenoxy) is 1. The van der Waals surface area contributed by atoms with E-state index in [1.807, 2.05) is 30.3 Å². The number of hydrogen-bond donors (Lipinski definition) is 0. The van der Waals surface area contributed by atoms with Gasteiger partial charge in [0.05, 0.1) is 13.0 Å². The summed E-state index contributed by atoms with van der Waals surface area (Å²) in [7, 11) is 1.48. The normalized spacial score (nSPS) is 21.0. The fourth-order valence-corrected chi connectivity index (χ4v) is 3.34. The molecule has 21 heavy (non-hydrogen) atoms. The summed E-state index contributed by atoms with van der Waals surface area (Å²) < 4.78 is 5.04. The summed E-state index contributed by atoms with van der Waals surface area (Å²) in [4.78, 5) is 14.7. The Kier molecular flexibility index (Phi) is 6.24. The van der Waals surface area contributed by atoms with Gasteiger partial charge in [0, 0.05) is 12.6 Å². The van der Waals surface area contributed by atoms with Crippen LogP contribution in [-0.2, 0) is 9.53 Å². The minimum atomic E-state index is -0.173. The van der Waals surface area contributed by atoms with Crippen molar-refractivity contribution in [3.8, 4) is 0 Å². The molecule has 2 atom stereocenters. The standard InChI is InChI=1S/C18H27NO2/c1-3-9-16-12-7-8-13-19(16)14-17(18(20)21-2)15-10-5-4-6-11-15/h4-6,10-11,16-17H,3,7-9,12-14H2,1-2H3. The van der Waals surface area contributed by atoms with E-state index in [-0.39, 0.29) is 11.9 Å². The number of rotatable bonds is 6. The second-order valence-electron chi connectivity index (χ2n) is 5.92. The molecule has 1 aromatic rings. The minimum absolute atomic E-state index is 0.123. The van der Waals surface area contributed by atoms with Crippen molar-refractivity contribution >= 4 is 5.97 Å². The van der Waals surface area contributed by atoms with E-state index in [1.165, 1.54) is 39.2 Å². The van der Waals surface area contributed by atoms with Crippen LogP contribution >= 0.6 is 0 Å². The van der Waals surface area contributed by atoms with Gasteiger partial charge in [0.25, 0.3) is 0 Å². The number of hydrogen-bond acceptors (Lipinski definition) is 3. The molecule has 1 aliphatic heterocycles. The number of carbonyl (C=O) groups is 1. The van der Waals surface area contributed by atoms with Gasteiger partial charge in [-0.3, -0.25) is 9.69 Å². The Morgan fingerprint density at radius 3 is 2.76 bits per heavy atom. The lowest BCUT2D eigenvalue weighted by molar-refractivity contribution is -0.143. The Labute approximate surface area is 128 Å². The highest BCUT2D eigenvalue weighted by Crippen LogP contribution is 2.26. The first kappa shape index (κ1) is 16.0. The molecule has 3 heteroatoms. The van der Waals surface area contributed by atoms with Crippen LogP contribution in [0.4, 0.5) is 0 Å². The van der Waals surface area contributed by atoms with Crippen molar-refractivity contribution < 1.29 is 9.53 Å². The first-order chi connectivity index (χ1) is 10.3. The first-order valence-corrected chi connectivity index (χ1v) is 8.13. The van der Waals surface area contributed by atoms with Crippen molar-refractivity contribution in [2.24, 2.45) is 0 Å². The molecule has 3 nitrogen and oxygen atoms in total. The predicted molar refractivity (Wildman–Crippen MR) is 85.3 cm³/mol. The maximum atomic E-state index is 12.2. The van der Waals surface area contributed by atoms with E-state index >= 15 is 0 Å². The molecule has 0 spiro atoms. The van der Waals surface area contributed by atoms with Gasteiger partial charge >= 0.3 is 5.97 Å². The summed E-state index contributed by atoms with van der Waals surface area (Å²) in [5, 5.41) is 0. The van der Waals surface area contributed by atoms with Gasteiger partial charge in [-0.1, -0.05) is 50.1 Å². The van der Waals surface area contributed by atoms with Crippen LogP contribution in [0.1, 0.15) is 50.5 Å². The number of methoxy groups -OCH3 is 1. The molecule has 1 aliphatic rings. The van der Waals surface area contributed by atoms with Crippen LogP contribution in [0.3, 0.4) is 0 Å². The van der Waals surface area contributed by atoms with E-state index < -0.39 is 0 Å². The molecule has 116 valence electrons. The monoisotopic (exact) mass is 289 g/mol. The Hall–Kier alpha value is -1.35. The average Bonchev–Trinajstić information content (AvgIpc) is 2.54. The van der Waals surface area contributed by atoms with Crippen molar-refractivity contribution in [3.05, 3.63) is 35.9 Å². The fraction of sp³-hybridized carbons (Fsp3) is 0.611. The smallest absolute Gasteiger partial charge is 0.314 e. The summed E-state index contributed by atoms with van der Waals surface area (Å²) in [5.41, 5.74) is 1.06. The van der Waals surface area contributed by atoms with Gasteiger partial charge in [0.1, 0.15) is 0 Å². The van der Waals surface area contributed by atoms with Crippen LogP contribution in [0, 0.1) is 0 Å². The van der Waals surface area contributed by atoms with Gasteiger partial charge in [-0.2, -0.15) is 0 Å². The van der Waals surface area contributed by atoms with Crippen molar-refractivity contribution in [3.63, 3.8) is 0 Å². The average molecular weight is 289 g/mol. The van der Waals surface area contributed by atoms with E-state index in [2.05, 4.69) is 11.8 Å². The quantitative estimate of drug-likeness (QED) is 0.749. The molecule has 0 amide bonds. The van der Waals surface area contributed by atoms with Gasteiger partial charge < -0.3 is 4.74 Å². The Bertz CT molecular complexity index is 430. The third-order valence-corrected chi connectivity index (χ3v) is 4.48. The number of likely N-dealkylation sites (tertiary alicyclic amines) is 1. The number of esters is 1. The van der Waals surface area contributed by atoms with Crippen LogP contribution in [0.5, 0.6) is 0 Å². The third-order valence-electron chi connectivity index (χ3n) is 4.48. The number of carbonyl (C=O) groups excluding carboxylic acids is 1. The van der Waals surface area contributed by atoms with Crippen LogP contribution < -0.4 is 0 Å². The summed E-state index contributed by atoms with van der Waals surface area (Å²) in [6, 6.07) is 10.6. The molecule has 1 saturated heterocycles. The minimum Gasteiger partial charge on any atom is -0.469 e. The highest BCUT2D eigenvalue weighted by Gasteiger charge is 2.29. The molecule has 2 unspecified atom stereocenters.